The van der Waals surface area contributed by atoms with E-state index in [0.717, 1.165) is 27.4 Å². The Bertz CT molecular complexity index is 2900. The van der Waals surface area contributed by atoms with Gasteiger partial charge in [-0.1, -0.05) is 103 Å². The first-order valence-electron chi connectivity index (χ1n) is 16.5. The Balaban J connectivity index is 1.22. The fourth-order valence-electron chi connectivity index (χ4n) is 8.04. The molecular weight excluding hydrogens is 583 g/mol. The summed E-state index contributed by atoms with van der Waals surface area (Å²) in [6, 6.07) is 55.0. The highest BCUT2D eigenvalue weighted by molar-refractivity contribution is 6.12. The summed E-state index contributed by atoms with van der Waals surface area (Å²) in [5.41, 5.74) is 20.6. The summed E-state index contributed by atoms with van der Waals surface area (Å²) in [6.45, 7) is 2.10. The number of nitrogens with zero attached hydrogens (tertiary/aromatic N) is 2. The van der Waals surface area contributed by atoms with Gasteiger partial charge in [0.05, 0.1) is 22.1 Å². The average Bonchev–Trinajstić information content (AvgIpc) is 3.76. The molecule has 0 bridgehead atoms. The van der Waals surface area contributed by atoms with Crippen LogP contribution in [0.2, 0.25) is 0 Å². The molecule has 3 heteroatoms. The highest BCUT2D eigenvalue weighted by Crippen LogP contribution is 2.39. The Labute approximate surface area is 277 Å². The molecule has 2 N–H and O–H groups in total. The molecule has 226 valence electrons. The van der Waals surface area contributed by atoms with Crippen molar-refractivity contribution >= 4 is 55.4 Å². The van der Waals surface area contributed by atoms with E-state index in [1.54, 1.807) is 0 Å². The molecule has 0 unspecified atom stereocenters. The van der Waals surface area contributed by atoms with Crippen molar-refractivity contribution in [3.8, 4) is 33.6 Å². The first kappa shape index (κ1) is 26.9. The first-order valence-corrected chi connectivity index (χ1v) is 16.5. The Kier molecular flexibility index (Phi) is 5.64. The van der Waals surface area contributed by atoms with E-state index in [9.17, 15) is 0 Å². The number of rotatable bonds is 3. The molecule has 0 saturated carbocycles. The summed E-state index contributed by atoms with van der Waals surface area (Å²) >= 11 is 0. The van der Waals surface area contributed by atoms with E-state index in [1.807, 2.05) is 0 Å². The van der Waals surface area contributed by atoms with E-state index >= 15 is 0 Å². The predicted octanol–water partition coefficient (Wildman–Crippen LogP) is 9.44. The summed E-state index contributed by atoms with van der Waals surface area (Å²) in [4.78, 5) is 0. The van der Waals surface area contributed by atoms with E-state index in [4.69, 9.17) is 5.73 Å². The van der Waals surface area contributed by atoms with E-state index in [1.165, 1.54) is 71.6 Å². The lowest BCUT2D eigenvalue weighted by atomic mass is 10.0. The molecule has 10 rings (SSSR count). The van der Waals surface area contributed by atoms with Crippen molar-refractivity contribution in [2.24, 2.45) is 5.73 Å². The first-order chi connectivity index (χ1) is 23.7. The highest BCUT2D eigenvalue weighted by atomic mass is 15.0. The largest absolute Gasteiger partial charge is 0.398 e. The number of aromatic nitrogens is 2. The monoisotopic (exact) mass is 613 g/mol. The van der Waals surface area contributed by atoms with Crippen LogP contribution in [-0.2, 0) is 0 Å². The van der Waals surface area contributed by atoms with Crippen LogP contribution >= 0.6 is 0 Å². The minimum Gasteiger partial charge on any atom is -0.398 e. The zero-order valence-electron chi connectivity index (χ0n) is 26.5. The van der Waals surface area contributed by atoms with Crippen molar-refractivity contribution in [3.05, 3.63) is 168 Å². The summed E-state index contributed by atoms with van der Waals surface area (Å²) in [5, 5.41) is 7.28. The lowest BCUT2D eigenvalue weighted by Crippen LogP contribution is -2.29. The molecule has 2 heterocycles. The van der Waals surface area contributed by atoms with Gasteiger partial charge in [-0.15, -0.1) is 0 Å². The Morgan fingerprint density at radius 3 is 1.79 bits per heavy atom. The normalized spacial score (nSPS) is 12.9. The second-order valence-corrected chi connectivity index (χ2v) is 12.7. The molecule has 0 atom stereocenters. The fourth-order valence-corrected chi connectivity index (χ4v) is 8.04. The number of hydrogen-bond donors (Lipinski definition) is 1. The lowest BCUT2D eigenvalue weighted by molar-refractivity contribution is 1.17. The Hall–Kier alpha value is -6.32. The minimum absolute atomic E-state index is 0.855. The van der Waals surface area contributed by atoms with Gasteiger partial charge in [0.25, 0.3) is 0 Å². The second kappa shape index (κ2) is 10.1. The van der Waals surface area contributed by atoms with Crippen molar-refractivity contribution in [3.63, 3.8) is 0 Å². The SMILES string of the molecule is C/C=c1/cc(-n2c3ccccc3c3ccc(-c4ccc5c(c4)c4ccccc4n5-c4ccccc4)cc32)cc2c1=C(N)c1ccccc1-2. The van der Waals surface area contributed by atoms with E-state index in [0.29, 0.717) is 0 Å². The molecule has 0 aliphatic heterocycles. The molecule has 0 amide bonds. The molecule has 3 nitrogen and oxygen atoms in total. The smallest absolute Gasteiger partial charge is 0.0547 e. The average molecular weight is 614 g/mol. The summed E-state index contributed by atoms with van der Waals surface area (Å²) in [5.74, 6) is 0. The van der Waals surface area contributed by atoms with Gasteiger partial charge in [-0.25, -0.2) is 0 Å². The number of nitrogens with two attached hydrogens (primary N) is 1. The summed E-state index contributed by atoms with van der Waals surface area (Å²) in [7, 11) is 0. The third-order valence-corrected chi connectivity index (χ3v) is 10.2. The third kappa shape index (κ3) is 3.70. The molecular formula is C45H31N3. The van der Waals surface area contributed by atoms with Crippen LogP contribution in [0.15, 0.2) is 152 Å². The summed E-state index contributed by atoms with van der Waals surface area (Å²) in [6.07, 6.45) is 2.18. The van der Waals surface area contributed by atoms with Gasteiger partial charge >= 0.3 is 0 Å². The molecule has 0 saturated heterocycles. The molecule has 48 heavy (non-hydrogen) atoms. The predicted molar refractivity (Wildman–Crippen MR) is 202 cm³/mol. The number of para-hydroxylation sites is 3. The van der Waals surface area contributed by atoms with E-state index in [-0.39, 0.29) is 0 Å². The Morgan fingerprint density at radius 1 is 0.438 bits per heavy atom. The minimum atomic E-state index is 0.855. The fraction of sp³-hybridized carbons (Fsp3) is 0.0222. The molecule has 1 aliphatic carbocycles. The van der Waals surface area contributed by atoms with Gasteiger partial charge < -0.3 is 14.9 Å². The number of hydrogen-bond acceptors (Lipinski definition) is 1. The van der Waals surface area contributed by atoms with Crippen molar-refractivity contribution in [1.82, 2.24) is 9.13 Å². The zero-order valence-corrected chi connectivity index (χ0v) is 26.5. The topological polar surface area (TPSA) is 35.9 Å². The van der Waals surface area contributed by atoms with Gasteiger partial charge in [0.1, 0.15) is 0 Å². The highest BCUT2D eigenvalue weighted by Gasteiger charge is 2.21. The van der Waals surface area contributed by atoms with Crippen LogP contribution in [0.25, 0.3) is 89.0 Å². The quantitative estimate of drug-likeness (QED) is 0.212. The van der Waals surface area contributed by atoms with Crippen LogP contribution in [0, 0.1) is 0 Å². The number of benzene rings is 7. The van der Waals surface area contributed by atoms with Gasteiger partial charge in [-0.3, -0.25) is 0 Å². The van der Waals surface area contributed by atoms with Gasteiger partial charge in [0.15, 0.2) is 0 Å². The van der Waals surface area contributed by atoms with Gasteiger partial charge in [-0.05, 0) is 89.0 Å². The molecule has 9 aromatic rings. The zero-order chi connectivity index (χ0) is 31.9. The van der Waals surface area contributed by atoms with Crippen molar-refractivity contribution in [2.45, 2.75) is 6.92 Å². The van der Waals surface area contributed by atoms with Gasteiger partial charge in [0, 0.05) is 49.4 Å². The van der Waals surface area contributed by atoms with Crippen LogP contribution in [0.3, 0.4) is 0 Å². The second-order valence-electron chi connectivity index (χ2n) is 12.7. The third-order valence-electron chi connectivity index (χ3n) is 10.2. The van der Waals surface area contributed by atoms with Crippen LogP contribution in [0.5, 0.6) is 0 Å². The molecule has 1 aliphatic rings. The van der Waals surface area contributed by atoms with Crippen molar-refractivity contribution in [2.75, 3.05) is 0 Å². The van der Waals surface area contributed by atoms with Gasteiger partial charge in [-0.2, -0.15) is 0 Å². The van der Waals surface area contributed by atoms with E-state index < -0.39 is 0 Å². The van der Waals surface area contributed by atoms with Crippen LogP contribution in [0.1, 0.15) is 12.5 Å². The van der Waals surface area contributed by atoms with Crippen molar-refractivity contribution < 1.29 is 0 Å². The Morgan fingerprint density at radius 2 is 1.02 bits per heavy atom. The van der Waals surface area contributed by atoms with Crippen molar-refractivity contribution in [1.29, 1.82) is 0 Å². The summed E-state index contributed by atoms with van der Waals surface area (Å²) < 4.78 is 4.80. The molecule has 0 radical (unpaired) electrons. The number of fused-ring (bicyclic) bond motifs is 9. The van der Waals surface area contributed by atoms with E-state index in [2.05, 4.69) is 174 Å². The van der Waals surface area contributed by atoms with Crippen LogP contribution < -0.4 is 16.2 Å². The maximum absolute atomic E-state index is 6.77. The van der Waals surface area contributed by atoms with Crippen LogP contribution in [-0.4, -0.2) is 9.13 Å². The van der Waals surface area contributed by atoms with Crippen LogP contribution in [0.4, 0.5) is 0 Å². The maximum atomic E-state index is 6.77. The maximum Gasteiger partial charge on any atom is 0.0547 e. The molecule has 0 spiro atoms. The molecule has 2 aromatic heterocycles. The standard InChI is InChI=1S/C45H31N3/c1-2-28-24-32(27-39-33-14-6-7-17-37(33)45(46)44(28)39)48-40-18-10-8-15-34(40)36-22-20-30(26-43(36)48)29-21-23-42-38(25-29)35-16-9-11-19-41(35)47(42)31-12-4-3-5-13-31/h2-27H,46H2,1H3/b28-2-. The van der Waals surface area contributed by atoms with Gasteiger partial charge in [0.2, 0.25) is 0 Å². The molecule has 7 aromatic carbocycles. The molecule has 0 fully saturated rings. The lowest BCUT2D eigenvalue weighted by Gasteiger charge is -2.12.